The first kappa shape index (κ1) is 85.1. The second kappa shape index (κ2) is 756. The molecule has 0 aliphatic carbocycles. The second-order valence-corrected chi connectivity index (χ2v) is 1.37. The molecular weight excluding hydrogens is 572 g/mol. The summed E-state index contributed by atoms with van der Waals surface area (Å²) >= 11 is 0. The molecule has 0 saturated carbocycles. The second-order valence-electron chi connectivity index (χ2n) is 1.37. The summed E-state index contributed by atoms with van der Waals surface area (Å²) < 4.78 is 0. The highest BCUT2D eigenvalue weighted by Crippen LogP contribution is 1.00. The van der Waals surface area contributed by atoms with Gasteiger partial charge in [-0.2, -0.15) is 0 Å². The summed E-state index contributed by atoms with van der Waals surface area (Å²) in [6, 6.07) is 0. The van der Waals surface area contributed by atoms with Gasteiger partial charge < -0.3 is 66.4 Å². The smallest absolute Gasteiger partial charge is 0.290 e. The van der Waals surface area contributed by atoms with Crippen LogP contribution in [0.25, 0.3) is 0 Å². The fraction of sp³-hybridized carbons (Fsp3) is 0. The van der Waals surface area contributed by atoms with Crippen LogP contribution in [0.4, 0.5) is 0 Å². The minimum atomic E-state index is -0.250. The Bertz CT molecular complexity index is 278. The van der Waals surface area contributed by atoms with E-state index in [0.717, 1.165) is 0 Å². The van der Waals surface area contributed by atoms with E-state index >= 15 is 0 Å². The number of rotatable bonds is 0. The Morgan fingerprint density at radius 3 is 0.154 bits per heavy atom. The van der Waals surface area contributed by atoms with Gasteiger partial charge in [-0.3, -0.25) is 62.3 Å². The van der Waals surface area contributed by atoms with Gasteiger partial charge in [0.25, 0.3) is 84.1 Å². The van der Waals surface area contributed by atoms with Crippen molar-refractivity contribution in [3.05, 3.63) is 0 Å². The molecule has 13 N–H and O–H groups in total. The molecule has 0 amide bonds. The molecule has 0 unspecified atom stereocenters. The Kier molecular flexibility index (Phi) is 1650. The lowest BCUT2D eigenvalue weighted by Gasteiger charge is -1.34. The summed E-state index contributed by atoms with van der Waals surface area (Å²) in [6.45, 7) is -3.25. The van der Waals surface area contributed by atoms with Crippen molar-refractivity contribution in [2.24, 2.45) is 0 Å². The first-order chi connectivity index (χ1) is 18.4. The summed E-state index contributed by atoms with van der Waals surface area (Å²) in [5.74, 6) is 0. The van der Waals surface area contributed by atoms with Gasteiger partial charge in [-0.05, 0) is 0 Å². The van der Waals surface area contributed by atoms with Gasteiger partial charge >= 0.3 is 0 Å². The maximum Gasteiger partial charge on any atom is 0.290 e. The van der Waals surface area contributed by atoms with E-state index in [0.29, 0.717) is 0 Å². The molecule has 234 valence electrons. The van der Waals surface area contributed by atoms with E-state index in [1.54, 1.807) is 0 Å². The van der Waals surface area contributed by atoms with E-state index in [4.69, 9.17) is 129 Å². The molecule has 0 aliphatic rings. The van der Waals surface area contributed by atoms with Crippen LogP contribution in [0.15, 0.2) is 0 Å². The lowest BCUT2D eigenvalue weighted by atomic mass is 11.7. The molecule has 0 rings (SSSR count). The van der Waals surface area contributed by atoms with Crippen LogP contribution < -0.4 is 0 Å². The maximum absolute atomic E-state index is 8.36. The van der Waals surface area contributed by atoms with Gasteiger partial charge in [0.1, 0.15) is 0 Å². The number of hydrogen-bond donors (Lipinski definition) is 13. The van der Waals surface area contributed by atoms with Crippen LogP contribution in [0.1, 0.15) is 0 Å². The van der Waals surface area contributed by atoms with Gasteiger partial charge in [0.15, 0.2) is 0 Å². The van der Waals surface area contributed by atoms with Gasteiger partial charge in [-0.25, -0.2) is 0 Å². The Hall–Kier alpha value is -6.89. The van der Waals surface area contributed by atoms with Gasteiger partial charge in [0, 0.05) is 0 Å². The van der Waals surface area contributed by atoms with Crippen LogP contribution in [-0.4, -0.2) is 151 Å². The molecule has 0 aromatic carbocycles. The molecule has 39 heavy (non-hydrogen) atoms. The molecule has 0 radical (unpaired) electrons. The first-order valence-electron chi connectivity index (χ1n) is 6.42. The zero-order valence-electron chi connectivity index (χ0n) is 18.6. The van der Waals surface area contributed by atoms with E-state index in [1.165, 1.54) is 0 Å². The highest BCUT2D eigenvalue weighted by atomic mass is 16.4. The third-order valence-electron chi connectivity index (χ3n) is 0. The van der Waals surface area contributed by atoms with Crippen molar-refractivity contribution < 1.29 is 129 Å². The average molecular weight is 598 g/mol. The van der Waals surface area contributed by atoms with Crippen LogP contribution in [0, 0.1) is 0 Å². The monoisotopic (exact) mass is 598 g/mol. The lowest BCUT2D eigenvalue weighted by molar-refractivity contribution is -0.123. The van der Waals surface area contributed by atoms with Crippen LogP contribution in [0.3, 0.4) is 0 Å². The molecular formula is C13H26O26. The first-order valence-corrected chi connectivity index (χ1v) is 6.42. The van der Waals surface area contributed by atoms with Crippen LogP contribution in [0.2, 0.25) is 0 Å². The van der Waals surface area contributed by atoms with Crippen molar-refractivity contribution in [1.29, 1.82) is 0 Å². The molecule has 0 bridgehead atoms. The van der Waals surface area contributed by atoms with Crippen molar-refractivity contribution >= 4 is 84.1 Å². The fourth-order valence-electron chi connectivity index (χ4n) is 0. The van der Waals surface area contributed by atoms with Crippen molar-refractivity contribution in [2.75, 3.05) is 0 Å². The van der Waals surface area contributed by atoms with Crippen molar-refractivity contribution in [2.45, 2.75) is 0 Å². The molecule has 26 heteroatoms. The largest absolute Gasteiger partial charge is 0.483 e. The molecule has 0 aromatic heterocycles. The SMILES string of the molecule is O=CO.O=CO.O=CO.O=CO.O=CO.O=CO.O=CO.O=CO.O=CO.O=CO.O=CO.O=CO.O=CO. The Morgan fingerprint density at radius 1 is 0.154 bits per heavy atom. The highest BCUT2D eigenvalue weighted by Gasteiger charge is 1.25. The van der Waals surface area contributed by atoms with Crippen LogP contribution in [-0.2, 0) is 62.3 Å². The Balaban J connectivity index is -0.0000000171. The van der Waals surface area contributed by atoms with E-state index in [1.807, 2.05) is 0 Å². The average Bonchev–Trinajstić information content (AvgIpc) is 2.81. The Labute approximate surface area is 214 Å². The van der Waals surface area contributed by atoms with E-state index in [2.05, 4.69) is 0 Å². The molecule has 0 fully saturated rings. The van der Waals surface area contributed by atoms with Gasteiger partial charge in [0.2, 0.25) is 0 Å². The van der Waals surface area contributed by atoms with Crippen molar-refractivity contribution in [3.8, 4) is 0 Å². The van der Waals surface area contributed by atoms with Crippen LogP contribution >= 0.6 is 0 Å². The zero-order valence-corrected chi connectivity index (χ0v) is 18.6. The van der Waals surface area contributed by atoms with E-state index in [9.17, 15) is 0 Å². The molecule has 26 nitrogen and oxygen atoms in total. The molecule has 0 aromatic rings. The standard InChI is InChI=1S/13CH2O2/c13*2-1-3/h13*1H,(H,2,3). The van der Waals surface area contributed by atoms with Gasteiger partial charge in [0.05, 0.1) is 0 Å². The van der Waals surface area contributed by atoms with Gasteiger partial charge in [-0.1, -0.05) is 0 Å². The zero-order chi connectivity index (χ0) is 35.2. The fourth-order valence-corrected chi connectivity index (χ4v) is 0. The Morgan fingerprint density at radius 2 is 0.154 bits per heavy atom. The normalized spacial score (nSPS) is 4.00. The molecule has 0 aliphatic heterocycles. The third kappa shape index (κ3) is 555. The summed E-state index contributed by atoms with van der Waals surface area (Å²) in [5.41, 5.74) is 0. The third-order valence-corrected chi connectivity index (χ3v) is 0. The number of carboxylic acid groups (broad SMARTS) is 13. The summed E-state index contributed by atoms with van der Waals surface area (Å²) in [6.07, 6.45) is 0. The molecule has 0 saturated heterocycles. The minimum Gasteiger partial charge on any atom is -0.483 e. The highest BCUT2D eigenvalue weighted by molar-refractivity contribution is 5.34. The molecule has 0 spiro atoms. The van der Waals surface area contributed by atoms with Gasteiger partial charge in [-0.15, -0.1) is 0 Å². The maximum atomic E-state index is 8.36. The minimum absolute atomic E-state index is 0.250. The summed E-state index contributed by atoms with van der Waals surface area (Å²) in [7, 11) is 0. The van der Waals surface area contributed by atoms with Crippen LogP contribution in [0.5, 0.6) is 0 Å². The number of carbonyl (C=O) groups is 13. The predicted octanol–water partition coefficient (Wildman–Crippen LogP) is -3.89. The quantitative estimate of drug-likeness (QED) is 0.118. The molecule has 0 atom stereocenters. The predicted molar refractivity (Wildman–Crippen MR) is 113 cm³/mol. The van der Waals surface area contributed by atoms with E-state index in [-0.39, 0.29) is 84.1 Å². The summed E-state index contributed by atoms with van der Waals surface area (Å²) in [4.78, 5) is 109. The lowest BCUT2D eigenvalue weighted by Crippen LogP contribution is -1.49. The number of hydrogen-bond acceptors (Lipinski definition) is 13. The van der Waals surface area contributed by atoms with E-state index < -0.39 is 0 Å². The molecule has 0 heterocycles. The topological polar surface area (TPSA) is 485 Å². The van der Waals surface area contributed by atoms with Crippen molar-refractivity contribution in [1.82, 2.24) is 0 Å². The van der Waals surface area contributed by atoms with Crippen molar-refractivity contribution in [3.63, 3.8) is 0 Å². The summed E-state index contributed by atoms with van der Waals surface area (Å²) in [5, 5.41) is 89.6.